The lowest BCUT2D eigenvalue weighted by Gasteiger charge is -2.15. The molecule has 0 aliphatic heterocycles. The van der Waals surface area contributed by atoms with Gasteiger partial charge in [0.05, 0.1) is 12.1 Å². The average molecular weight is 223 g/mol. The summed E-state index contributed by atoms with van der Waals surface area (Å²) < 4.78 is 5.57. The van der Waals surface area contributed by atoms with Crippen LogP contribution < -0.4 is 5.32 Å². The molecule has 3 atom stereocenters. The first-order valence-corrected chi connectivity index (χ1v) is 6.13. The maximum Gasteiger partial charge on any atom is 0.120 e. The van der Waals surface area contributed by atoms with Crippen LogP contribution in [0.3, 0.4) is 0 Å². The molecular formula is C13H21NO2. The van der Waals surface area contributed by atoms with Crippen LogP contribution in [-0.2, 0) is 0 Å². The molecule has 0 radical (unpaired) electrons. The fourth-order valence-electron chi connectivity index (χ4n) is 2.36. The van der Waals surface area contributed by atoms with E-state index in [0.29, 0.717) is 5.92 Å². The zero-order valence-electron chi connectivity index (χ0n) is 10.1. The van der Waals surface area contributed by atoms with Gasteiger partial charge in [0, 0.05) is 0 Å². The zero-order valence-corrected chi connectivity index (χ0v) is 10.1. The molecule has 0 bridgehead atoms. The molecule has 1 aromatic rings. The molecule has 1 saturated carbocycles. The van der Waals surface area contributed by atoms with Crippen molar-refractivity contribution in [3.8, 4) is 0 Å². The Labute approximate surface area is 96.8 Å². The number of aliphatic hydroxyl groups is 1. The summed E-state index contributed by atoms with van der Waals surface area (Å²) in [6.07, 6.45) is 2.96. The number of hydrogen-bond acceptors (Lipinski definition) is 3. The number of hydrogen-bond donors (Lipinski definition) is 2. The minimum atomic E-state index is -0.0760. The van der Waals surface area contributed by atoms with E-state index in [-0.39, 0.29) is 12.1 Å². The zero-order chi connectivity index (χ0) is 11.5. The molecule has 2 N–H and O–H groups in total. The van der Waals surface area contributed by atoms with Crippen LogP contribution in [0.1, 0.15) is 43.7 Å². The molecule has 1 heterocycles. The fourth-order valence-corrected chi connectivity index (χ4v) is 2.36. The third kappa shape index (κ3) is 2.86. The molecule has 1 aromatic heterocycles. The molecule has 0 aromatic carbocycles. The Morgan fingerprint density at radius 2 is 2.31 bits per heavy atom. The van der Waals surface area contributed by atoms with E-state index >= 15 is 0 Å². The summed E-state index contributed by atoms with van der Waals surface area (Å²) in [5.41, 5.74) is 0. The van der Waals surface area contributed by atoms with E-state index in [2.05, 4.69) is 12.2 Å². The highest BCUT2D eigenvalue weighted by Gasteiger charge is 2.23. The van der Waals surface area contributed by atoms with E-state index in [1.165, 1.54) is 0 Å². The van der Waals surface area contributed by atoms with Crippen molar-refractivity contribution >= 4 is 0 Å². The molecule has 3 nitrogen and oxygen atoms in total. The fraction of sp³-hybridized carbons (Fsp3) is 0.692. The molecule has 0 saturated heterocycles. The van der Waals surface area contributed by atoms with E-state index < -0.39 is 0 Å². The maximum absolute atomic E-state index is 9.44. The normalized spacial score (nSPS) is 27.2. The molecule has 3 heteroatoms. The van der Waals surface area contributed by atoms with Gasteiger partial charge in [0.1, 0.15) is 11.5 Å². The lowest BCUT2D eigenvalue weighted by Crippen LogP contribution is -2.24. The first-order chi connectivity index (χ1) is 7.65. The van der Waals surface area contributed by atoms with Crippen LogP contribution in [0.4, 0.5) is 0 Å². The van der Waals surface area contributed by atoms with Crippen molar-refractivity contribution in [2.24, 2.45) is 5.92 Å². The van der Waals surface area contributed by atoms with Crippen LogP contribution in [0.2, 0.25) is 0 Å². The summed E-state index contributed by atoms with van der Waals surface area (Å²) in [6, 6.07) is 4.27. The average Bonchev–Trinajstić information content (AvgIpc) is 2.84. The minimum Gasteiger partial charge on any atom is -0.465 e. The van der Waals surface area contributed by atoms with Crippen LogP contribution >= 0.6 is 0 Å². The molecule has 0 spiro atoms. The Bertz CT molecular complexity index is 334. The third-order valence-electron chi connectivity index (χ3n) is 3.41. The SMILES string of the molecule is Cc1ccc(C(C)NCC2CCC(O)C2)o1. The van der Waals surface area contributed by atoms with Crippen molar-refractivity contribution in [3.05, 3.63) is 23.7 Å². The Morgan fingerprint density at radius 3 is 2.88 bits per heavy atom. The van der Waals surface area contributed by atoms with E-state index in [1.54, 1.807) is 0 Å². The number of aryl methyl sites for hydroxylation is 1. The van der Waals surface area contributed by atoms with Crippen molar-refractivity contribution in [1.29, 1.82) is 0 Å². The van der Waals surface area contributed by atoms with Gasteiger partial charge in [0.2, 0.25) is 0 Å². The highest BCUT2D eigenvalue weighted by atomic mass is 16.3. The van der Waals surface area contributed by atoms with Gasteiger partial charge in [-0.1, -0.05) is 0 Å². The molecule has 2 rings (SSSR count). The predicted molar refractivity (Wildman–Crippen MR) is 63.2 cm³/mol. The quantitative estimate of drug-likeness (QED) is 0.824. The smallest absolute Gasteiger partial charge is 0.120 e. The second-order valence-corrected chi connectivity index (χ2v) is 4.91. The Morgan fingerprint density at radius 1 is 1.50 bits per heavy atom. The first-order valence-electron chi connectivity index (χ1n) is 6.13. The van der Waals surface area contributed by atoms with Crippen LogP contribution in [0.5, 0.6) is 0 Å². The van der Waals surface area contributed by atoms with Crippen molar-refractivity contribution < 1.29 is 9.52 Å². The van der Waals surface area contributed by atoms with Crippen LogP contribution in [-0.4, -0.2) is 17.8 Å². The van der Waals surface area contributed by atoms with Gasteiger partial charge in [-0.15, -0.1) is 0 Å². The topological polar surface area (TPSA) is 45.4 Å². The number of nitrogens with one attached hydrogen (secondary N) is 1. The third-order valence-corrected chi connectivity index (χ3v) is 3.41. The molecule has 1 aliphatic carbocycles. The second-order valence-electron chi connectivity index (χ2n) is 4.91. The van der Waals surface area contributed by atoms with Crippen LogP contribution in [0.15, 0.2) is 16.5 Å². The van der Waals surface area contributed by atoms with E-state index in [0.717, 1.165) is 37.3 Å². The lowest BCUT2D eigenvalue weighted by molar-refractivity contribution is 0.177. The predicted octanol–water partition coefficient (Wildman–Crippen LogP) is 2.40. The molecule has 3 unspecified atom stereocenters. The van der Waals surface area contributed by atoms with Gasteiger partial charge in [0.15, 0.2) is 0 Å². The van der Waals surface area contributed by atoms with Crippen LogP contribution in [0, 0.1) is 12.8 Å². The van der Waals surface area contributed by atoms with Gasteiger partial charge >= 0.3 is 0 Å². The number of aliphatic hydroxyl groups excluding tert-OH is 1. The summed E-state index contributed by atoms with van der Waals surface area (Å²) in [5, 5.41) is 12.9. The Hall–Kier alpha value is -0.800. The number of furan rings is 1. The summed E-state index contributed by atoms with van der Waals surface area (Å²) in [4.78, 5) is 0. The number of rotatable bonds is 4. The van der Waals surface area contributed by atoms with Gasteiger partial charge in [0.25, 0.3) is 0 Å². The van der Waals surface area contributed by atoms with Gasteiger partial charge in [-0.2, -0.15) is 0 Å². The standard InChI is InChI=1S/C13H21NO2/c1-9-3-6-13(16-9)10(2)14-8-11-4-5-12(15)7-11/h3,6,10-12,14-15H,4-5,7-8H2,1-2H3. The largest absolute Gasteiger partial charge is 0.465 e. The van der Waals surface area contributed by atoms with E-state index in [1.807, 2.05) is 19.1 Å². The van der Waals surface area contributed by atoms with Crippen LogP contribution in [0.25, 0.3) is 0 Å². The molecule has 0 amide bonds. The van der Waals surface area contributed by atoms with Gasteiger partial charge in [-0.3, -0.25) is 0 Å². The van der Waals surface area contributed by atoms with Crippen molar-refractivity contribution in [2.45, 2.75) is 45.3 Å². The Kier molecular flexibility index (Phi) is 3.66. The van der Waals surface area contributed by atoms with Crippen molar-refractivity contribution in [3.63, 3.8) is 0 Å². The van der Waals surface area contributed by atoms with Gasteiger partial charge < -0.3 is 14.8 Å². The molecule has 16 heavy (non-hydrogen) atoms. The summed E-state index contributed by atoms with van der Waals surface area (Å²) in [6.45, 7) is 5.05. The summed E-state index contributed by atoms with van der Waals surface area (Å²) in [7, 11) is 0. The second kappa shape index (κ2) is 5.02. The van der Waals surface area contributed by atoms with E-state index in [9.17, 15) is 5.11 Å². The van der Waals surface area contributed by atoms with Crippen molar-refractivity contribution in [2.75, 3.05) is 6.54 Å². The minimum absolute atomic E-state index is 0.0760. The highest BCUT2D eigenvalue weighted by molar-refractivity contribution is 5.08. The summed E-state index contributed by atoms with van der Waals surface area (Å²) in [5.74, 6) is 2.57. The first kappa shape index (κ1) is 11.7. The van der Waals surface area contributed by atoms with E-state index in [4.69, 9.17) is 4.42 Å². The molecule has 1 aliphatic rings. The molecule has 90 valence electrons. The Balaban J connectivity index is 1.77. The van der Waals surface area contributed by atoms with Gasteiger partial charge in [-0.05, 0) is 57.7 Å². The molecule has 1 fully saturated rings. The maximum atomic E-state index is 9.44. The lowest BCUT2D eigenvalue weighted by atomic mass is 10.1. The monoisotopic (exact) mass is 223 g/mol. The molecular weight excluding hydrogens is 202 g/mol. The highest BCUT2D eigenvalue weighted by Crippen LogP contribution is 2.25. The van der Waals surface area contributed by atoms with Gasteiger partial charge in [-0.25, -0.2) is 0 Å². The van der Waals surface area contributed by atoms with Crippen molar-refractivity contribution in [1.82, 2.24) is 5.32 Å². The summed E-state index contributed by atoms with van der Waals surface area (Å²) >= 11 is 0.